The molecular weight excluding hydrogens is 402 g/mol. The maximum absolute atomic E-state index is 12.8. The molecule has 1 unspecified atom stereocenters. The van der Waals surface area contributed by atoms with E-state index in [2.05, 4.69) is 35.5 Å². The van der Waals surface area contributed by atoms with Gasteiger partial charge in [0.25, 0.3) is 0 Å². The Morgan fingerprint density at radius 2 is 2.00 bits per heavy atom. The minimum absolute atomic E-state index is 0.0287. The van der Waals surface area contributed by atoms with Crippen LogP contribution < -0.4 is 10.6 Å². The number of benzene rings is 1. The van der Waals surface area contributed by atoms with Crippen molar-refractivity contribution in [3.8, 4) is 0 Å². The summed E-state index contributed by atoms with van der Waals surface area (Å²) in [5, 5.41) is 6.51. The van der Waals surface area contributed by atoms with Crippen molar-refractivity contribution < 1.29 is 9.59 Å². The third-order valence-corrected chi connectivity index (χ3v) is 5.55. The molecule has 0 radical (unpaired) electrons. The molecule has 1 atom stereocenters. The molecule has 1 aliphatic rings. The van der Waals surface area contributed by atoms with Gasteiger partial charge in [0, 0.05) is 38.1 Å². The molecule has 7 heteroatoms. The minimum atomic E-state index is -0.286. The van der Waals surface area contributed by atoms with Crippen LogP contribution in [0.15, 0.2) is 42.6 Å². The third-order valence-electron chi connectivity index (χ3n) is 5.55. The molecule has 0 spiro atoms. The number of amides is 2. The number of anilines is 1. The van der Waals surface area contributed by atoms with Gasteiger partial charge in [-0.25, -0.2) is 0 Å². The van der Waals surface area contributed by atoms with Crippen molar-refractivity contribution in [1.82, 2.24) is 20.1 Å². The average Bonchev–Trinajstić information content (AvgIpc) is 2.74. The van der Waals surface area contributed by atoms with Crippen LogP contribution in [0.25, 0.3) is 0 Å². The standard InChI is InChI=1S/C25H35N5O2/c1-18(2)16-30-17-19-8-7-10-21(20(19)14-25(30)32)28-23(22-9-5-6-11-26-22)15-24(31)27-12-13-29(3)4/h5-11,18,23,28H,12-17H2,1-4H3,(H,27,31). The normalized spacial score (nSPS) is 14.4. The predicted molar refractivity (Wildman–Crippen MR) is 127 cm³/mol. The number of fused-ring (bicyclic) bond motifs is 1. The molecule has 2 N–H and O–H groups in total. The van der Waals surface area contributed by atoms with Crippen LogP contribution in [0.3, 0.4) is 0 Å². The van der Waals surface area contributed by atoms with Crippen LogP contribution >= 0.6 is 0 Å². The first-order valence-corrected chi connectivity index (χ1v) is 11.3. The lowest BCUT2D eigenvalue weighted by Crippen LogP contribution is -2.39. The van der Waals surface area contributed by atoms with E-state index < -0.39 is 0 Å². The summed E-state index contributed by atoms with van der Waals surface area (Å²) in [5.41, 5.74) is 3.88. The monoisotopic (exact) mass is 437 g/mol. The van der Waals surface area contributed by atoms with Crippen LogP contribution in [0.2, 0.25) is 0 Å². The lowest BCUT2D eigenvalue weighted by atomic mass is 9.95. The van der Waals surface area contributed by atoms with E-state index in [1.54, 1.807) is 6.20 Å². The molecule has 0 aliphatic carbocycles. The van der Waals surface area contributed by atoms with Crippen LogP contribution in [-0.4, -0.2) is 60.3 Å². The summed E-state index contributed by atoms with van der Waals surface area (Å²) in [6.45, 7) is 7.03. The molecule has 1 aromatic heterocycles. The molecule has 0 saturated heterocycles. The van der Waals surface area contributed by atoms with E-state index >= 15 is 0 Å². The average molecular weight is 438 g/mol. The maximum atomic E-state index is 12.8. The lowest BCUT2D eigenvalue weighted by molar-refractivity contribution is -0.132. The highest BCUT2D eigenvalue weighted by Crippen LogP contribution is 2.30. The van der Waals surface area contributed by atoms with Gasteiger partial charge < -0.3 is 20.4 Å². The van der Waals surface area contributed by atoms with Crippen molar-refractivity contribution in [3.05, 3.63) is 59.4 Å². The van der Waals surface area contributed by atoms with Gasteiger partial charge in [0.15, 0.2) is 0 Å². The Morgan fingerprint density at radius 1 is 1.19 bits per heavy atom. The van der Waals surface area contributed by atoms with Gasteiger partial charge in [-0.05, 0) is 49.3 Å². The van der Waals surface area contributed by atoms with Gasteiger partial charge >= 0.3 is 0 Å². The van der Waals surface area contributed by atoms with E-state index in [1.807, 2.05) is 54.2 Å². The van der Waals surface area contributed by atoms with E-state index in [1.165, 1.54) is 0 Å². The van der Waals surface area contributed by atoms with E-state index in [9.17, 15) is 9.59 Å². The molecule has 0 saturated carbocycles. The van der Waals surface area contributed by atoms with Crippen LogP contribution in [0, 0.1) is 5.92 Å². The number of nitrogens with one attached hydrogen (secondary N) is 2. The SMILES string of the molecule is CC(C)CN1Cc2cccc(NC(CC(=O)NCCN(C)C)c3ccccn3)c2CC1=O. The summed E-state index contributed by atoms with van der Waals surface area (Å²) in [4.78, 5) is 33.8. The highest BCUT2D eigenvalue weighted by molar-refractivity contribution is 5.83. The summed E-state index contributed by atoms with van der Waals surface area (Å²) >= 11 is 0. The Morgan fingerprint density at radius 3 is 2.69 bits per heavy atom. The number of rotatable bonds is 10. The Labute approximate surface area is 191 Å². The van der Waals surface area contributed by atoms with Gasteiger partial charge in [-0.3, -0.25) is 14.6 Å². The van der Waals surface area contributed by atoms with Gasteiger partial charge in [0.05, 0.1) is 24.6 Å². The molecule has 1 aromatic carbocycles. The second-order valence-corrected chi connectivity index (χ2v) is 9.10. The van der Waals surface area contributed by atoms with Gasteiger partial charge in [0.2, 0.25) is 11.8 Å². The Hall–Kier alpha value is -2.93. The highest BCUT2D eigenvalue weighted by atomic mass is 16.2. The number of carbonyl (C=O) groups is 2. The first-order valence-electron chi connectivity index (χ1n) is 11.3. The summed E-state index contributed by atoms with van der Waals surface area (Å²) in [5.74, 6) is 0.552. The van der Waals surface area contributed by atoms with Crippen LogP contribution in [0.5, 0.6) is 0 Å². The first kappa shape index (κ1) is 23.7. The van der Waals surface area contributed by atoms with Gasteiger partial charge in [0.1, 0.15) is 0 Å². The molecule has 3 rings (SSSR count). The third kappa shape index (κ3) is 6.53. The summed E-state index contributed by atoms with van der Waals surface area (Å²) < 4.78 is 0. The van der Waals surface area contributed by atoms with Crippen molar-refractivity contribution in [3.63, 3.8) is 0 Å². The summed E-state index contributed by atoms with van der Waals surface area (Å²) in [6, 6.07) is 11.5. The number of aromatic nitrogens is 1. The molecule has 172 valence electrons. The van der Waals surface area contributed by atoms with Crippen molar-refractivity contribution in [1.29, 1.82) is 0 Å². The zero-order valence-electron chi connectivity index (χ0n) is 19.6. The van der Waals surface area contributed by atoms with Crippen molar-refractivity contribution in [2.24, 2.45) is 5.92 Å². The zero-order chi connectivity index (χ0) is 23.1. The number of likely N-dealkylation sites (N-methyl/N-ethyl adjacent to an activating group) is 1. The van der Waals surface area contributed by atoms with E-state index in [-0.39, 0.29) is 24.3 Å². The first-order chi connectivity index (χ1) is 15.3. The molecule has 0 bridgehead atoms. The minimum Gasteiger partial charge on any atom is -0.376 e. The molecule has 2 heterocycles. The van der Waals surface area contributed by atoms with Crippen LogP contribution in [0.1, 0.15) is 43.1 Å². The van der Waals surface area contributed by atoms with Crippen molar-refractivity contribution in [2.75, 3.05) is 39.0 Å². The quantitative estimate of drug-likeness (QED) is 0.598. The van der Waals surface area contributed by atoms with Gasteiger partial charge in [-0.1, -0.05) is 32.0 Å². The van der Waals surface area contributed by atoms with Crippen LogP contribution in [-0.2, 0) is 22.6 Å². The highest BCUT2D eigenvalue weighted by Gasteiger charge is 2.27. The molecular formula is C25H35N5O2. The fourth-order valence-electron chi connectivity index (χ4n) is 3.97. The van der Waals surface area contributed by atoms with Gasteiger partial charge in [-0.2, -0.15) is 0 Å². The molecule has 1 aliphatic heterocycles. The summed E-state index contributed by atoms with van der Waals surface area (Å²) in [7, 11) is 3.96. The number of pyridine rings is 1. The van der Waals surface area contributed by atoms with Gasteiger partial charge in [-0.15, -0.1) is 0 Å². The fraction of sp³-hybridized carbons (Fsp3) is 0.480. The molecule has 32 heavy (non-hydrogen) atoms. The largest absolute Gasteiger partial charge is 0.376 e. The number of hydrogen-bond acceptors (Lipinski definition) is 5. The topological polar surface area (TPSA) is 77.6 Å². The van der Waals surface area contributed by atoms with E-state index in [0.29, 0.717) is 25.4 Å². The fourth-order valence-corrected chi connectivity index (χ4v) is 3.97. The Kier molecular flexibility index (Phi) is 8.22. The number of hydrogen-bond donors (Lipinski definition) is 2. The van der Waals surface area contributed by atoms with Crippen molar-refractivity contribution >= 4 is 17.5 Å². The number of carbonyl (C=O) groups excluding carboxylic acids is 2. The Balaban J connectivity index is 1.78. The maximum Gasteiger partial charge on any atom is 0.227 e. The molecule has 0 fully saturated rings. The number of nitrogens with zero attached hydrogens (tertiary/aromatic N) is 3. The van der Waals surface area contributed by atoms with E-state index in [4.69, 9.17) is 0 Å². The lowest BCUT2D eigenvalue weighted by Gasteiger charge is -2.32. The second kappa shape index (κ2) is 11.1. The smallest absolute Gasteiger partial charge is 0.227 e. The Bertz CT molecular complexity index is 914. The van der Waals surface area contributed by atoms with E-state index in [0.717, 1.165) is 35.6 Å². The van der Waals surface area contributed by atoms with Crippen molar-refractivity contribution in [2.45, 2.75) is 39.3 Å². The predicted octanol–water partition coefficient (Wildman–Crippen LogP) is 2.84. The summed E-state index contributed by atoms with van der Waals surface area (Å²) in [6.07, 6.45) is 2.37. The second-order valence-electron chi connectivity index (χ2n) is 9.10. The molecule has 2 amide bonds. The zero-order valence-corrected chi connectivity index (χ0v) is 19.6. The van der Waals surface area contributed by atoms with Crippen LogP contribution in [0.4, 0.5) is 5.69 Å². The molecule has 2 aromatic rings. The molecule has 7 nitrogen and oxygen atoms in total.